The number of nitrogens with one attached hydrogen (secondary N) is 2. The normalized spacial score (nSPS) is 10.3. The summed E-state index contributed by atoms with van der Waals surface area (Å²) in [6.07, 6.45) is 2.02. The average molecular weight is 371 g/mol. The lowest BCUT2D eigenvalue weighted by molar-refractivity contribution is 0.0526. The molecule has 2 rings (SSSR count). The Labute approximate surface area is 161 Å². The van der Waals surface area contributed by atoms with Crippen molar-refractivity contribution in [2.45, 2.75) is 33.6 Å². The van der Waals surface area contributed by atoms with Crippen molar-refractivity contribution < 1.29 is 9.53 Å². The van der Waals surface area contributed by atoms with Gasteiger partial charge in [0.15, 0.2) is 5.11 Å². The standard InChI is InChI=1S/C21H26N2O2S/c1-4-25-20(24)18-11-12-19(16(3)14-18)23-21(26)22-13-5-6-17-9-7-15(2)8-10-17/h7-12,14H,4-6,13H2,1-3H3,(H2,22,23,26). The lowest BCUT2D eigenvalue weighted by atomic mass is 10.1. The third-order valence-corrected chi connectivity index (χ3v) is 4.28. The molecule has 0 saturated carbocycles. The molecule has 0 bridgehead atoms. The van der Waals surface area contributed by atoms with E-state index < -0.39 is 0 Å². The number of hydrogen-bond acceptors (Lipinski definition) is 3. The number of aryl methyl sites for hydroxylation is 3. The van der Waals surface area contributed by atoms with Gasteiger partial charge in [0.05, 0.1) is 12.2 Å². The van der Waals surface area contributed by atoms with Gasteiger partial charge in [-0.25, -0.2) is 4.79 Å². The minimum atomic E-state index is -0.307. The van der Waals surface area contributed by atoms with Crippen LogP contribution in [0.2, 0.25) is 0 Å². The summed E-state index contributed by atoms with van der Waals surface area (Å²) in [4.78, 5) is 11.8. The van der Waals surface area contributed by atoms with E-state index in [2.05, 4.69) is 41.8 Å². The first-order valence-electron chi connectivity index (χ1n) is 8.87. The Morgan fingerprint density at radius 3 is 2.50 bits per heavy atom. The van der Waals surface area contributed by atoms with Gasteiger partial charge in [0, 0.05) is 12.2 Å². The molecule has 2 N–H and O–H groups in total. The van der Waals surface area contributed by atoms with Crippen molar-refractivity contribution in [3.8, 4) is 0 Å². The van der Waals surface area contributed by atoms with E-state index in [0.29, 0.717) is 17.3 Å². The number of esters is 1. The Bertz CT molecular complexity index is 757. The van der Waals surface area contributed by atoms with Gasteiger partial charge < -0.3 is 15.4 Å². The van der Waals surface area contributed by atoms with Crippen LogP contribution in [0.4, 0.5) is 5.69 Å². The molecule has 2 aromatic carbocycles. The van der Waals surface area contributed by atoms with Gasteiger partial charge in [-0.2, -0.15) is 0 Å². The zero-order chi connectivity index (χ0) is 18.9. The molecule has 138 valence electrons. The summed E-state index contributed by atoms with van der Waals surface area (Å²) < 4.78 is 5.01. The van der Waals surface area contributed by atoms with E-state index in [1.807, 2.05) is 13.0 Å². The second-order valence-corrected chi connectivity index (χ2v) is 6.63. The Balaban J connectivity index is 1.78. The van der Waals surface area contributed by atoms with E-state index in [1.54, 1.807) is 19.1 Å². The third kappa shape index (κ3) is 6.15. The molecule has 0 aliphatic carbocycles. The summed E-state index contributed by atoms with van der Waals surface area (Å²) in [6.45, 7) is 7.00. The van der Waals surface area contributed by atoms with Crippen molar-refractivity contribution in [2.75, 3.05) is 18.5 Å². The quantitative estimate of drug-likeness (QED) is 0.430. The second-order valence-electron chi connectivity index (χ2n) is 6.22. The molecule has 0 fully saturated rings. The van der Waals surface area contributed by atoms with Gasteiger partial charge in [0.1, 0.15) is 0 Å². The van der Waals surface area contributed by atoms with Crippen molar-refractivity contribution in [3.63, 3.8) is 0 Å². The molecule has 0 radical (unpaired) electrons. The van der Waals surface area contributed by atoms with Crippen LogP contribution in [0.15, 0.2) is 42.5 Å². The molecule has 2 aromatic rings. The number of carbonyl (C=O) groups excluding carboxylic acids is 1. The number of benzene rings is 2. The van der Waals surface area contributed by atoms with Gasteiger partial charge in [0.2, 0.25) is 0 Å². The van der Waals surface area contributed by atoms with Crippen molar-refractivity contribution in [1.29, 1.82) is 0 Å². The maximum absolute atomic E-state index is 11.8. The van der Waals surface area contributed by atoms with Crippen LogP contribution in [-0.2, 0) is 11.2 Å². The maximum Gasteiger partial charge on any atom is 0.338 e. The molecule has 0 aliphatic heterocycles. The molecule has 0 unspecified atom stereocenters. The van der Waals surface area contributed by atoms with Gasteiger partial charge in [-0.3, -0.25) is 0 Å². The monoisotopic (exact) mass is 370 g/mol. The molecular weight excluding hydrogens is 344 g/mol. The van der Waals surface area contributed by atoms with Crippen LogP contribution in [0, 0.1) is 13.8 Å². The highest BCUT2D eigenvalue weighted by Crippen LogP contribution is 2.17. The Hall–Kier alpha value is -2.40. The fourth-order valence-electron chi connectivity index (χ4n) is 2.56. The maximum atomic E-state index is 11.8. The summed E-state index contributed by atoms with van der Waals surface area (Å²) in [6, 6.07) is 14.0. The van der Waals surface area contributed by atoms with Crippen molar-refractivity contribution >= 4 is 29.0 Å². The minimum absolute atomic E-state index is 0.307. The molecule has 0 aliphatic rings. The molecule has 26 heavy (non-hydrogen) atoms. The summed E-state index contributed by atoms with van der Waals surface area (Å²) in [5.74, 6) is -0.307. The fourth-order valence-corrected chi connectivity index (χ4v) is 2.77. The lowest BCUT2D eigenvalue weighted by Crippen LogP contribution is -2.29. The molecule has 0 aromatic heterocycles. The van der Waals surface area contributed by atoms with Gasteiger partial charge in [-0.05, 0) is 75.2 Å². The van der Waals surface area contributed by atoms with Crippen molar-refractivity contribution in [3.05, 3.63) is 64.7 Å². The number of ether oxygens (including phenoxy) is 1. The van der Waals surface area contributed by atoms with Crippen molar-refractivity contribution in [1.82, 2.24) is 5.32 Å². The first kappa shape index (κ1) is 19.9. The molecule has 0 spiro atoms. The van der Waals surface area contributed by atoms with Crippen LogP contribution < -0.4 is 10.6 Å². The summed E-state index contributed by atoms with van der Waals surface area (Å²) >= 11 is 5.35. The SMILES string of the molecule is CCOC(=O)c1ccc(NC(=S)NCCCc2ccc(C)cc2)c(C)c1. The first-order valence-corrected chi connectivity index (χ1v) is 9.28. The van der Waals surface area contributed by atoms with E-state index in [4.69, 9.17) is 17.0 Å². The smallest absolute Gasteiger partial charge is 0.338 e. The Morgan fingerprint density at radius 1 is 1.12 bits per heavy atom. The minimum Gasteiger partial charge on any atom is -0.462 e. The summed E-state index contributed by atoms with van der Waals surface area (Å²) in [7, 11) is 0. The number of thiocarbonyl (C=S) groups is 1. The van der Waals surface area contributed by atoms with Crippen LogP contribution in [0.5, 0.6) is 0 Å². The molecular formula is C21H26N2O2S. The first-order chi connectivity index (χ1) is 12.5. The molecule has 4 nitrogen and oxygen atoms in total. The summed E-state index contributed by atoms with van der Waals surface area (Å²) in [5, 5.41) is 6.99. The van der Waals surface area contributed by atoms with E-state index in [0.717, 1.165) is 30.6 Å². The average Bonchev–Trinajstić information content (AvgIpc) is 2.62. The molecule has 5 heteroatoms. The number of carbonyl (C=O) groups is 1. The lowest BCUT2D eigenvalue weighted by Gasteiger charge is -2.13. The topological polar surface area (TPSA) is 50.4 Å². The van der Waals surface area contributed by atoms with Gasteiger partial charge in [-0.1, -0.05) is 29.8 Å². The van der Waals surface area contributed by atoms with Crippen LogP contribution in [0.3, 0.4) is 0 Å². The predicted octanol–water partition coefficient (Wildman–Crippen LogP) is 4.40. The number of rotatable bonds is 7. The zero-order valence-electron chi connectivity index (χ0n) is 15.6. The van der Waals surface area contributed by atoms with Crippen molar-refractivity contribution in [2.24, 2.45) is 0 Å². The molecule has 0 atom stereocenters. The van der Waals surface area contributed by atoms with Crippen LogP contribution in [-0.4, -0.2) is 24.2 Å². The third-order valence-electron chi connectivity index (χ3n) is 4.03. The van der Waals surface area contributed by atoms with E-state index >= 15 is 0 Å². The second kappa shape index (κ2) is 9.92. The highest BCUT2D eigenvalue weighted by Gasteiger charge is 2.09. The highest BCUT2D eigenvalue weighted by atomic mass is 32.1. The number of anilines is 1. The Kier molecular flexibility index (Phi) is 7.60. The summed E-state index contributed by atoms with van der Waals surface area (Å²) in [5.41, 5.74) is 4.99. The predicted molar refractivity (Wildman–Crippen MR) is 111 cm³/mol. The van der Waals surface area contributed by atoms with Gasteiger partial charge in [0.25, 0.3) is 0 Å². The molecule has 0 saturated heterocycles. The van der Waals surface area contributed by atoms with Gasteiger partial charge in [-0.15, -0.1) is 0 Å². The number of hydrogen-bond donors (Lipinski definition) is 2. The van der Waals surface area contributed by atoms with Crippen LogP contribution in [0.25, 0.3) is 0 Å². The van der Waals surface area contributed by atoms with E-state index in [1.165, 1.54) is 11.1 Å². The van der Waals surface area contributed by atoms with E-state index in [-0.39, 0.29) is 5.97 Å². The van der Waals surface area contributed by atoms with E-state index in [9.17, 15) is 4.79 Å². The van der Waals surface area contributed by atoms with Crippen LogP contribution >= 0.6 is 12.2 Å². The van der Waals surface area contributed by atoms with Crippen LogP contribution in [0.1, 0.15) is 40.4 Å². The van der Waals surface area contributed by atoms with Gasteiger partial charge >= 0.3 is 5.97 Å². The molecule has 0 amide bonds. The highest BCUT2D eigenvalue weighted by molar-refractivity contribution is 7.80. The Morgan fingerprint density at radius 2 is 1.85 bits per heavy atom. The largest absolute Gasteiger partial charge is 0.462 e. The fraction of sp³-hybridized carbons (Fsp3) is 0.333. The zero-order valence-corrected chi connectivity index (χ0v) is 16.4. The molecule has 0 heterocycles.